The molecule has 0 spiro atoms. The standard InChI is InChI=1S/C18H26N2O2/c1-12-6-13(2)8-14(7-12)18(21)19-17-10-16-9-15(17)11-20(16)4-5-22-3/h6-8,15-17H,4-5,9-11H2,1-3H3,(H,19,21). The minimum Gasteiger partial charge on any atom is -0.383 e. The smallest absolute Gasteiger partial charge is 0.251 e. The fourth-order valence-corrected chi connectivity index (χ4v) is 4.06. The van der Waals surface area contributed by atoms with Crippen LogP contribution in [0.25, 0.3) is 0 Å². The Morgan fingerprint density at radius 1 is 1.27 bits per heavy atom. The summed E-state index contributed by atoms with van der Waals surface area (Å²) >= 11 is 0. The molecule has 4 heteroatoms. The van der Waals surface area contributed by atoms with Gasteiger partial charge in [-0.3, -0.25) is 9.69 Å². The summed E-state index contributed by atoms with van der Waals surface area (Å²) in [5, 5.41) is 3.26. The summed E-state index contributed by atoms with van der Waals surface area (Å²) in [6.45, 7) is 6.97. The average molecular weight is 302 g/mol. The minimum absolute atomic E-state index is 0.0767. The second kappa shape index (κ2) is 6.39. The summed E-state index contributed by atoms with van der Waals surface area (Å²) in [6, 6.07) is 6.99. The molecule has 4 nitrogen and oxygen atoms in total. The Bertz CT molecular complexity index is 538. The number of nitrogens with zero attached hydrogens (tertiary/aromatic N) is 1. The predicted octanol–water partition coefficient (Wildman–Crippen LogP) is 2.14. The van der Waals surface area contributed by atoms with E-state index in [4.69, 9.17) is 4.74 Å². The zero-order chi connectivity index (χ0) is 15.7. The van der Waals surface area contributed by atoms with Crippen molar-refractivity contribution in [2.45, 2.75) is 38.8 Å². The Morgan fingerprint density at radius 2 is 2.00 bits per heavy atom. The zero-order valence-corrected chi connectivity index (χ0v) is 13.8. The van der Waals surface area contributed by atoms with Crippen molar-refractivity contribution >= 4 is 5.91 Å². The van der Waals surface area contributed by atoms with E-state index in [1.807, 2.05) is 26.0 Å². The van der Waals surface area contributed by atoms with Gasteiger partial charge in [-0.05, 0) is 44.7 Å². The van der Waals surface area contributed by atoms with E-state index in [1.165, 1.54) is 6.42 Å². The van der Waals surface area contributed by atoms with Crippen molar-refractivity contribution in [2.24, 2.45) is 5.92 Å². The van der Waals surface area contributed by atoms with Gasteiger partial charge in [0.15, 0.2) is 0 Å². The summed E-state index contributed by atoms with van der Waals surface area (Å²) in [6.07, 6.45) is 2.28. The highest BCUT2D eigenvalue weighted by atomic mass is 16.5. The van der Waals surface area contributed by atoms with Crippen LogP contribution in [0.2, 0.25) is 0 Å². The van der Waals surface area contributed by atoms with E-state index < -0.39 is 0 Å². The van der Waals surface area contributed by atoms with Gasteiger partial charge < -0.3 is 10.1 Å². The van der Waals surface area contributed by atoms with Crippen LogP contribution in [0.4, 0.5) is 0 Å². The molecule has 1 N–H and O–H groups in total. The number of hydrogen-bond donors (Lipinski definition) is 1. The molecule has 3 unspecified atom stereocenters. The number of rotatable bonds is 5. The number of piperidine rings is 1. The molecule has 22 heavy (non-hydrogen) atoms. The van der Waals surface area contributed by atoms with Crippen LogP contribution >= 0.6 is 0 Å². The Labute approximate surface area is 132 Å². The van der Waals surface area contributed by atoms with Gasteiger partial charge in [0, 0.05) is 37.8 Å². The zero-order valence-electron chi connectivity index (χ0n) is 13.8. The lowest BCUT2D eigenvalue weighted by Crippen LogP contribution is -2.46. The number of fused-ring (bicyclic) bond motifs is 2. The summed E-state index contributed by atoms with van der Waals surface area (Å²) in [5.41, 5.74) is 3.07. The van der Waals surface area contributed by atoms with Crippen molar-refractivity contribution in [3.8, 4) is 0 Å². The van der Waals surface area contributed by atoms with Gasteiger partial charge in [0.05, 0.1) is 6.61 Å². The van der Waals surface area contributed by atoms with Gasteiger partial charge in [-0.25, -0.2) is 0 Å². The molecule has 3 rings (SSSR count). The van der Waals surface area contributed by atoms with E-state index >= 15 is 0 Å². The number of methoxy groups -OCH3 is 1. The molecule has 1 aliphatic carbocycles. The third-order valence-electron chi connectivity index (χ3n) is 5.04. The molecule has 0 radical (unpaired) electrons. The second-order valence-electron chi connectivity index (χ2n) is 6.83. The van der Waals surface area contributed by atoms with Gasteiger partial charge in [0.1, 0.15) is 0 Å². The van der Waals surface area contributed by atoms with Gasteiger partial charge in [-0.1, -0.05) is 17.2 Å². The van der Waals surface area contributed by atoms with E-state index in [0.29, 0.717) is 18.0 Å². The highest BCUT2D eigenvalue weighted by Crippen LogP contribution is 2.37. The number of carbonyl (C=O) groups is 1. The highest BCUT2D eigenvalue weighted by Gasteiger charge is 2.44. The largest absolute Gasteiger partial charge is 0.383 e. The number of carbonyl (C=O) groups excluding carboxylic acids is 1. The van der Waals surface area contributed by atoms with Gasteiger partial charge in [0.2, 0.25) is 0 Å². The molecule has 2 bridgehead atoms. The van der Waals surface area contributed by atoms with E-state index in [-0.39, 0.29) is 5.91 Å². The third kappa shape index (κ3) is 3.18. The van der Waals surface area contributed by atoms with Gasteiger partial charge >= 0.3 is 0 Å². The molecule has 1 saturated carbocycles. The third-order valence-corrected chi connectivity index (χ3v) is 5.04. The molecule has 1 amide bonds. The second-order valence-corrected chi connectivity index (χ2v) is 6.83. The van der Waals surface area contributed by atoms with Crippen LogP contribution in [0.5, 0.6) is 0 Å². The van der Waals surface area contributed by atoms with E-state index in [0.717, 1.165) is 42.8 Å². The molecule has 1 aromatic carbocycles. The maximum absolute atomic E-state index is 12.5. The maximum Gasteiger partial charge on any atom is 0.251 e. The molecule has 120 valence electrons. The van der Waals surface area contributed by atoms with Crippen LogP contribution in [-0.2, 0) is 4.74 Å². The minimum atomic E-state index is 0.0767. The van der Waals surface area contributed by atoms with Crippen LogP contribution in [-0.4, -0.2) is 49.7 Å². The molecule has 3 atom stereocenters. The molecule has 1 heterocycles. The van der Waals surface area contributed by atoms with Gasteiger partial charge in [-0.15, -0.1) is 0 Å². The first-order valence-corrected chi connectivity index (χ1v) is 8.19. The van der Waals surface area contributed by atoms with Crippen LogP contribution in [0, 0.1) is 19.8 Å². The van der Waals surface area contributed by atoms with Crippen molar-refractivity contribution < 1.29 is 9.53 Å². The number of nitrogens with one attached hydrogen (secondary N) is 1. The monoisotopic (exact) mass is 302 g/mol. The topological polar surface area (TPSA) is 41.6 Å². The maximum atomic E-state index is 12.5. The molecular formula is C18H26N2O2. The summed E-state index contributed by atoms with van der Waals surface area (Å²) in [7, 11) is 1.75. The number of ether oxygens (including phenoxy) is 1. The Hall–Kier alpha value is -1.39. The van der Waals surface area contributed by atoms with Gasteiger partial charge in [-0.2, -0.15) is 0 Å². The van der Waals surface area contributed by atoms with Crippen molar-refractivity contribution in [2.75, 3.05) is 26.8 Å². The van der Waals surface area contributed by atoms with E-state index in [9.17, 15) is 4.79 Å². The van der Waals surface area contributed by atoms with Crippen LogP contribution in [0.1, 0.15) is 34.3 Å². The summed E-state index contributed by atoms with van der Waals surface area (Å²) in [4.78, 5) is 15.0. The number of likely N-dealkylation sites (tertiary alicyclic amines) is 1. The van der Waals surface area contributed by atoms with Crippen LogP contribution in [0.3, 0.4) is 0 Å². The lowest BCUT2D eigenvalue weighted by atomic mass is 10.0. The molecule has 1 aliphatic heterocycles. The normalized spacial score (nSPS) is 27.3. The molecule has 1 aromatic rings. The lowest BCUT2D eigenvalue weighted by Gasteiger charge is -2.31. The number of amides is 1. The molecular weight excluding hydrogens is 276 g/mol. The molecule has 2 fully saturated rings. The summed E-state index contributed by atoms with van der Waals surface area (Å²) < 4.78 is 5.17. The first-order chi connectivity index (χ1) is 10.6. The fourth-order valence-electron chi connectivity index (χ4n) is 4.06. The van der Waals surface area contributed by atoms with Crippen molar-refractivity contribution in [1.29, 1.82) is 0 Å². The van der Waals surface area contributed by atoms with Crippen LogP contribution < -0.4 is 5.32 Å². The number of aryl methyl sites for hydroxylation is 2. The highest BCUT2D eigenvalue weighted by molar-refractivity contribution is 5.94. The molecule has 1 saturated heterocycles. The molecule has 2 aliphatic rings. The number of benzene rings is 1. The molecule has 0 aromatic heterocycles. The average Bonchev–Trinajstić information content (AvgIpc) is 3.03. The first kappa shape index (κ1) is 15.5. The lowest BCUT2D eigenvalue weighted by molar-refractivity contribution is 0.0884. The van der Waals surface area contributed by atoms with E-state index in [2.05, 4.69) is 16.3 Å². The van der Waals surface area contributed by atoms with Crippen LogP contribution in [0.15, 0.2) is 18.2 Å². The quantitative estimate of drug-likeness (QED) is 0.906. The van der Waals surface area contributed by atoms with Crippen molar-refractivity contribution in [1.82, 2.24) is 10.2 Å². The SMILES string of the molecule is COCCN1CC2CC1CC2NC(=O)c1cc(C)cc(C)c1. The Balaban J connectivity index is 1.58. The fraction of sp³-hybridized carbons (Fsp3) is 0.611. The van der Waals surface area contributed by atoms with Crippen molar-refractivity contribution in [3.63, 3.8) is 0 Å². The Kier molecular flexibility index (Phi) is 4.50. The number of hydrogen-bond acceptors (Lipinski definition) is 3. The summed E-state index contributed by atoms with van der Waals surface area (Å²) in [5.74, 6) is 0.671. The van der Waals surface area contributed by atoms with Crippen molar-refractivity contribution in [3.05, 3.63) is 34.9 Å². The predicted molar refractivity (Wildman–Crippen MR) is 87.1 cm³/mol. The van der Waals surface area contributed by atoms with E-state index in [1.54, 1.807) is 7.11 Å². The van der Waals surface area contributed by atoms with Gasteiger partial charge in [0.25, 0.3) is 5.91 Å². The Morgan fingerprint density at radius 3 is 2.59 bits per heavy atom. The first-order valence-electron chi connectivity index (χ1n) is 8.19.